The van der Waals surface area contributed by atoms with E-state index >= 15 is 4.39 Å². The Hall–Kier alpha value is -3.51. The molecule has 1 atom stereocenters. The van der Waals surface area contributed by atoms with Crippen molar-refractivity contribution in [2.45, 2.75) is 58.0 Å². The summed E-state index contributed by atoms with van der Waals surface area (Å²) in [5, 5.41) is 0. The number of alkyl halides is 1. The molecule has 4 nitrogen and oxygen atoms in total. The lowest BCUT2D eigenvalue weighted by atomic mass is 9.84. The molecule has 1 amide bonds. The lowest BCUT2D eigenvalue weighted by Gasteiger charge is -2.21. The standard InChI is InChI=1S/C34H38F2N2O2/c1-23-9-16-30(32(36)21-23)31-8-2-5-24-10-11-26(34(37)39)6-3-7-29(24)33(31)25-12-14-27(15-13-25)40-28-17-20-38(22-28)19-4-18-35/h6-7,9-10,12-16,21,28H,2-5,8,11,17-20,22H2,1H3,(H2,37,39)/b24-10?,26-6+,29-7?/t28-/m0/s1. The molecular weight excluding hydrogens is 506 g/mol. The molecule has 40 heavy (non-hydrogen) atoms. The van der Waals surface area contributed by atoms with Crippen molar-refractivity contribution in [2.75, 3.05) is 26.3 Å². The minimum Gasteiger partial charge on any atom is -0.489 e. The smallest absolute Gasteiger partial charge is 0.244 e. The molecule has 0 unspecified atom stereocenters. The summed E-state index contributed by atoms with van der Waals surface area (Å²) in [6.07, 6.45) is 11.3. The number of carbonyl (C=O) groups excluding carboxylic acids is 1. The number of primary amides is 1. The Balaban J connectivity index is 1.51. The number of nitrogens with zero attached hydrogens (tertiary/aromatic N) is 1. The topological polar surface area (TPSA) is 55.6 Å². The van der Waals surface area contributed by atoms with Crippen molar-refractivity contribution in [1.29, 1.82) is 0 Å². The summed E-state index contributed by atoms with van der Waals surface area (Å²) in [5.74, 6) is 0.208. The van der Waals surface area contributed by atoms with Crippen molar-refractivity contribution in [3.63, 3.8) is 0 Å². The molecule has 0 aromatic heterocycles. The fourth-order valence-electron chi connectivity index (χ4n) is 6.06. The first-order chi connectivity index (χ1) is 19.4. The molecule has 2 aromatic carbocycles. The largest absolute Gasteiger partial charge is 0.489 e. The van der Waals surface area contributed by atoms with Crippen LogP contribution >= 0.6 is 0 Å². The highest BCUT2D eigenvalue weighted by Gasteiger charge is 2.26. The van der Waals surface area contributed by atoms with Crippen molar-refractivity contribution in [2.24, 2.45) is 5.73 Å². The maximum absolute atomic E-state index is 15.4. The molecular formula is C34H38F2N2O2. The number of allylic oxidation sites excluding steroid dienone is 7. The highest BCUT2D eigenvalue weighted by molar-refractivity contribution is 6.01. The number of ether oxygens (including phenoxy) is 1. The van der Waals surface area contributed by atoms with Gasteiger partial charge >= 0.3 is 0 Å². The molecule has 6 heteroatoms. The van der Waals surface area contributed by atoms with Gasteiger partial charge in [-0.2, -0.15) is 0 Å². The molecule has 3 aliphatic rings. The molecule has 210 valence electrons. The van der Waals surface area contributed by atoms with Crippen LogP contribution in [0.4, 0.5) is 8.78 Å². The van der Waals surface area contributed by atoms with Gasteiger partial charge in [0, 0.05) is 30.8 Å². The van der Waals surface area contributed by atoms with Crippen LogP contribution in [0.3, 0.4) is 0 Å². The van der Waals surface area contributed by atoms with Crippen LogP contribution in [0.2, 0.25) is 0 Å². The molecule has 1 saturated heterocycles. The minimum atomic E-state index is -0.385. The molecule has 1 heterocycles. The maximum atomic E-state index is 15.4. The number of amides is 1. The monoisotopic (exact) mass is 544 g/mol. The molecule has 5 rings (SSSR count). The van der Waals surface area contributed by atoms with Crippen LogP contribution in [0.15, 0.2) is 77.4 Å². The summed E-state index contributed by atoms with van der Waals surface area (Å²) in [6.45, 7) is 4.12. The van der Waals surface area contributed by atoms with Gasteiger partial charge in [0.1, 0.15) is 17.7 Å². The van der Waals surface area contributed by atoms with Crippen LogP contribution in [0, 0.1) is 12.7 Å². The van der Waals surface area contributed by atoms with Gasteiger partial charge in [0.25, 0.3) is 0 Å². The van der Waals surface area contributed by atoms with Gasteiger partial charge in [-0.05, 0) is 103 Å². The zero-order chi connectivity index (χ0) is 28.1. The van der Waals surface area contributed by atoms with E-state index in [9.17, 15) is 9.18 Å². The summed E-state index contributed by atoms with van der Waals surface area (Å²) in [7, 11) is 0. The van der Waals surface area contributed by atoms with Gasteiger partial charge in [0.15, 0.2) is 0 Å². The third kappa shape index (κ3) is 6.44. The predicted octanol–water partition coefficient (Wildman–Crippen LogP) is 7.10. The fraction of sp³-hybridized carbons (Fsp3) is 0.382. The highest BCUT2D eigenvalue weighted by Crippen LogP contribution is 2.44. The van der Waals surface area contributed by atoms with Gasteiger partial charge in [-0.15, -0.1) is 0 Å². The number of fused-ring (bicyclic) bond motifs is 1. The van der Waals surface area contributed by atoms with E-state index in [0.717, 1.165) is 78.9 Å². The highest BCUT2D eigenvalue weighted by atomic mass is 19.1. The van der Waals surface area contributed by atoms with Crippen LogP contribution in [-0.4, -0.2) is 43.2 Å². The fourth-order valence-corrected chi connectivity index (χ4v) is 6.06. The van der Waals surface area contributed by atoms with Crippen LogP contribution < -0.4 is 10.5 Å². The van der Waals surface area contributed by atoms with E-state index in [-0.39, 0.29) is 24.5 Å². The Bertz CT molecular complexity index is 1370. The Morgan fingerprint density at radius 1 is 1.10 bits per heavy atom. The number of aryl methyl sites for hydroxylation is 1. The first kappa shape index (κ1) is 28.0. The van der Waals surface area contributed by atoms with Gasteiger partial charge in [0.05, 0.1) is 6.67 Å². The van der Waals surface area contributed by atoms with Crippen LogP contribution in [0.25, 0.3) is 11.1 Å². The number of likely N-dealkylation sites (tertiary alicyclic amines) is 1. The minimum absolute atomic E-state index is 0.0915. The third-order valence-electron chi connectivity index (χ3n) is 8.09. The van der Waals surface area contributed by atoms with Crippen molar-refractivity contribution >= 4 is 17.1 Å². The average molecular weight is 545 g/mol. The maximum Gasteiger partial charge on any atom is 0.244 e. The Kier molecular flexibility index (Phi) is 8.95. The molecule has 1 fully saturated rings. The van der Waals surface area contributed by atoms with Crippen LogP contribution in [-0.2, 0) is 4.79 Å². The number of nitrogens with two attached hydrogens (primary N) is 1. The number of halogens is 2. The van der Waals surface area contributed by atoms with Crippen molar-refractivity contribution in [3.8, 4) is 5.75 Å². The number of hydrogen-bond acceptors (Lipinski definition) is 3. The number of benzene rings is 2. The second kappa shape index (κ2) is 12.8. The van der Waals surface area contributed by atoms with E-state index in [1.165, 1.54) is 5.57 Å². The van der Waals surface area contributed by atoms with E-state index in [1.807, 2.05) is 37.3 Å². The molecule has 0 radical (unpaired) electrons. The van der Waals surface area contributed by atoms with Gasteiger partial charge in [-0.25, -0.2) is 4.39 Å². The first-order valence-electron chi connectivity index (χ1n) is 14.4. The molecule has 0 saturated carbocycles. The van der Waals surface area contributed by atoms with E-state index in [0.29, 0.717) is 30.4 Å². The zero-order valence-corrected chi connectivity index (χ0v) is 23.2. The van der Waals surface area contributed by atoms with Gasteiger partial charge in [0.2, 0.25) is 5.91 Å². The van der Waals surface area contributed by atoms with Crippen molar-refractivity contribution in [3.05, 3.63) is 99.9 Å². The van der Waals surface area contributed by atoms with Crippen molar-refractivity contribution < 1.29 is 18.3 Å². The summed E-state index contributed by atoms with van der Waals surface area (Å²) < 4.78 is 34.2. The lowest BCUT2D eigenvalue weighted by Crippen LogP contribution is -2.26. The van der Waals surface area contributed by atoms with Gasteiger partial charge in [-0.1, -0.05) is 42.5 Å². The van der Waals surface area contributed by atoms with E-state index in [1.54, 1.807) is 6.07 Å². The third-order valence-corrected chi connectivity index (χ3v) is 8.09. The summed E-state index contributed by atoms with van der Waals surface area (Å²) in [5.41, 5.74) is 13.1. The number of rotatable bonds is 8. The molecule has 0 spiro atoms. The molecule has 1 aliphatic heterocycles. The summed E-state index contributed by atoms with van der Waals surface area (Å²) in [6, 6.07) is 13.6. The second-order valence-corrected chi connectivity index (χ2v) is 11.0. The second-order valence-electron chi connectivity index (χ2n) is 11.0. The van der Waals surface area contributed by atoms with Gasteiger partial charge in [-0.3, -0.25) is 14.1 Å². The van der Waals surface area contributed by atoms with Crippen molar-refractivity contribution in [1.82, 2.24) is 4.90 Å². The Morgan fingerprint density at radius 2 is 1.93 bits per heavy atom. The van der Waals surface area contributed by atoms with Crippen LogP contribution in [0.1, 0.15) is 61.6 Å². The molecule has 2 aliphatic carbocycles. The summed E-state index contributed by atoms with van der Waals surface area (Å²) >= 11 is 0. The summed E-state index contributed by atoms with van der Waals surface area (Å²) in [4.78, 5) is 14.1. The van der Waals surface area contributed by atoms with E-state index in [4.69, 9.17) is 10.5 Å². The quantitative estimate of drug-likeness (QED) is 0.386. The van der Waals surface area contributed by atoms with E-state index in [2.05, 4.69) is 29.2 Å². The zero-order valence-electron chi connectivity index (χ0n) is 23.2. The Morgan fingerprint density at radius 3 is 2.67 bits per heavy atom. The average Bonchev–Trinajstić information content (AvgIpc) is 3.29. The molecule has 2 N–H and O–H groups in total. The molecule has 0 bridgehead atoms. The molecule has 2 aromatic rings. The van der Waals surface area contributed by atoms with Gasteiger partial charge < -0.3 is 10.5 Å². The van der Waals surface area contributed by atoms with E-state index < -0.39 is 0 Å². The van der Waals surface area contributed by atoms with Crippen LogP contribution in [0.5, 0.6) is 5.75 Å². The predicted molar refractivity (Wildman–Crippen MR) is 157 cm³/mol. The number of carbonyl (C=O) groups is 1. The Labute approximate surface area is 235 Å². The SMILES string of the molecule is Cc1ccc(C2=C(c3ccc(O[C@H]4CCN(CCCF)C4)cc3)C3=CC/C=C(/C(N)=O)CC=C3CCC2)c(F)c1. The number of hydrogen-bond donors (Lipinski definition) is 1. The lowest BCUT2D eigenvalue weighted by molar-refractivity contribution is -0.114. The normalized spacial score (nSPS) is 21.4. The first-order valence-corrected chi connectivity index (χ1v) is 14.4.